The highest BCUT2D eigenvalue weighted by molar-refractivity contribution is 5.92. The molecule has 2 amide bonds. The number of aromatic nitrogens is 2. The molecule has 0 aliphatic heterocycles. The van der Waals surface area contributed by atoms with E-state index >= 15 is 0 Å². The molecule has 0 bridgehead atoms. The molecule has 27 heavy (non-hydrogen) atoms. The second kappa shape index (κ2) is 7.61. The third-order valence-corrected chi connectivity index (χ3v) is 3.97. The zero-order valence-electron chi connectivity index (χ0n) is 14.5. The number of ether oxygens (including phenoxy) is 1. The highest BCUT2D eigenvalue weighted by Gasteiger charge is 2.15. The summed E-state index contributed by atoms with van der Waals surface area (Å²) in [5.41, 5.74) is 8.60. The fraction of sp³-hybridized carbons (Fsp3) is 0.105. The summed E-state index contributed by atoms with van der Waals surface area (Å²) in [6.07, 6.45) is -1.08. The third kappa shape index (κ3) is 4.06. The van der Waals surface area contributed by atoms with Gasteiger partial charge in [-0.3, -0.25) is 4.79 Å². The Balaban J connectivity index is 1.98. The Kier molecular flexibility index (Phi) is 5.07. The minimum absolute atomic E-state index is 0.150. The number of carbonyl (C=O) groups is 2. The van der Waals surface area contributed by atoms with Crippen LogP contribution < -0.4 is 15.8 Å². The molecule has 0 saturated carbocycles. The van der Waals surface area contributed by atoms with E-state index in [1.54, 1.807) is 42.1 Å². The summed E-state index contributed by atoms with van der Waals surface area (Å²) in [5, 5.41) is 15.3. The normalized spacial score (nSPS) is 10.4. The van der Waals surface area contributed by atoms with Crippen LogP contribution in [0.25, 0.3) is 16.9 Å². The molecule has 0 radical (unpaired) electrons. The Bertz CT molecular complexity index is 962. The molecule has 8 heteroatoms. The van der Waals surface area contributed by atoms with Crippen LogP contribution in [0.5, 0.6) is 5.75 Å². The summed E-state index contributed by atoms with van der Waals surface area (Å²) < 4.78 is 6.79. The minimum atomic E-state index is -1.08. The van der Waals surface area contributed by atoms with Crippen molar-refractivity contribution in [2.24, 2.45) is 5.73 Å². The molecule has 3 aromatic rings. The van der Waals surface area contributed by atoms with Crippen LogP contribution in [-0.2, 0) is 6.54 Å². The smallest absolute Gasteiger partial charge is 0.404 e. The van der Waals surface area contributed by atoms with Gasteiger partial charge in [0.25, 0.3) is 5.91 Å². The largest absolute Gasteiger partial charge is 0.497 e. The Morgan fingerprint density at radius 2 is 1.81 bits per heavy atom. The molecule has 2 aromatic carbocycles. The number of rotatable bonds is 6. The van der Waals surface area contributed by atoms with Gasteiger partial charge in [-0.15, -0.1) is 0 Å². The molecule has 1 aromatic heterocycles. The molecule has 138 valence electrons. The molecule has 0 aliphatic carbocycles. The average Bonchev–Trinajstić information content (AvgIpc) is 3.12. The van der Waals surface area contributed by atoms with Gasteiger partial charge in [-0.25, -0.2) is 9.48 Å². The highest BCUT2D eigenvalue weighted by Crippen LogP contribution is 2.25. The lowest BCUT2D eigenvalue weighted by Gasteiger charge is -2.09. The van der Waals surface area contributed by atoms with Crippen molar-refractivity contribution >= 4 is 12.0 Å². The van der Waals surface area contributed by atoms with E-state index in [0.29, 0.717) is 11.4 Å². The lowest BCUT2D eigenvalue weighted by molar-refractivity contribution is 0.0995. The van der Waals surface area contributed by atoms with Crippen LogP contribution in [0.15, 0.2) is 54.6 Å². The predicted molar refractivity (Wildman–Crippen MR) is 98.9 cm³/mol. The molecule has 4 N–H and O–H groups in total. The van der Waals surface area contributed by atoms with Gasteiger partial charge in [0.1, 0.15) is 5.75 Å². The maximum Gasteiger partial charge on any atom is 0.404 e. The molecule has 0 atom stereocenters. The van der Waals surface area contributed by atoms with Crippen molar-refractivity contribution in [3.63, 3.8) is 0 Å². The van der Waals surface area contributed by atoms with Crippen LogP contribution in [-0.4, -0.2) is 34.0 Å². The fourth-order valence-corrected chi connectivity index (χ4v) is 2.60. The van der Waals surface area contributed by atoms with Crippen LogP contribution in [0.3, 0.4) is 0 Å². The van der Waals surface area contributed by atoms with E-state index < -0.39 is 12.0 Å². The van der Waals surface area contributed by atoms with E-state index in [1.165, 1.54) is 0 Å². The maximum atomic E-state index is 11.6. The zero-order chi connectivity index (χ0) is 19.4. The monoisotopic (exact) mass is 366 g/mol. The van der Waals surface area contributed by atoms with Gasteiger partial charge in [0.2, 0.25) is 0 Å². The van der Waals surface area contributed by atoms with Crippen molar-refractivity contribution < 1.29 is 19.4 Å². The molecule has 3 rings (SSSR count). The minimum Gasteiger partial charge on any atom is -0.497 e. The molecular weight excluding hydrogens is 348 g/mol. The quantitative estimate of drug-likeness (QED) is 0.619. The summed E-state index contributed by atoms with van der Waals surface area (Å²) in [4.78, 5) is 22.2. The van der Waals surface area contributed by atoms with Gasteiger partial charge in [0.15, 0.2) is 5.69 Å². The molecule has 0 fully saturated rings. The van der Waals surface area contributed by atoms with Crippen LogP contribution >= 0.6 is 0 Å². The van der Waals surface area contributed by atoms with Gasteiger partial charge in [0, 0.05) is 12.1 Å². The Morgan fingerprint density at radius 1 is 1.15 bits per heavy atom. The van der Waals surface area contributed by atoms with Gasteiger partial charge in [-0.2, -0.15) is 5.10 Å². The van der Waals surface area contributed by atoms with Crippen LogP contribution in [0.2, 0.25) is 0 Å². The lowest BCUT2D eigenvalue weighted by atomic mass is 10.1. The first-order valence-electron chi connectivity index (χ1n) is 8.08. The topological polar surface area (TPSA) is 119 Å². The van der Waals surface area contributed by atoms with Crippen molar-refractivity contribution in [3.8, 4) is 22.7 Å². The standard InChI is InChI=1S/C19H18N4O4/c1-27-15-8-6-14(7-9-15)23-17(10-16(22-23)18(20)24)13-4-2-12(3-5-13)11-21-19(25)26/h2-10,21H,11H2,1H3,(H2,20,24)(H,25,26). The SMILES string of the molecule is COc1ccc(-n2nc(C(N)=O)cc2-c2ccc(CNC(=O)O)cc2)cc1. The lowest BCUT2D eigenvalue weighted by Crippen LogP contribution is -2.19. The number of carboxylic acid groups (broad SMARTS) is 1. The molecule has 0 unspecified atom stereocenters. The second-order valence-corrected chi connectivity index (χ2v) is 5.74. The second-order valence-electron chi connectivity index (χ2n) is 5.74. The number of nitrogens with one attached hydrogen (secondary N) is 1. The fourth-order valence-electron chi connectivity index (χ4n) is 2.60. The molecular formula is C19H18N4O4. The van der Waals surface area contributed by atoms with Gasteiger partial charge < -0.3 is 20.9 Å². The number of nitrogens with zero attached hydrogens (tertiary/aromatic N) is 2. The predicted octanol–water partition coefficient (Wildman–Crippen LogP) is 2.41. The van der Waals surface area contributed by atoms with E-state index in [1.807, 2.05) is 24.3 Å². The summed E-state index contributed by atoms with van der Waals surface area (Å²) in [6, 6.07) is 16.1. The third-order valence-electron chi connectivity index (χ3n) is 3.97. The van der Waals surface area contributed by atoms with Gasteiger partial charge in [-0.05, 0) is 35.9 Å². The molecule has 0 aliphatic rings. The van der Waals surface area contributed by atoms with E-state index in [-0.39, 0.29) is 12.2 Å². The highest BCUT2D eigenvalue weighted by atomic mass is 16.5. The number of nitrogens with two attached hydrogens (primary N) is 1. The average molecular weight is 366 g/mol. The zero-order valence-corrected chi connectivity index (χ0v) is 14.5. The van der Waals surface area contributed by atoms with Crippen molar-refractivity contribution in [1.29, 1.82) is 0 Å². The van der Waals surface area contributed by atoms with E-state index in [2.05, 4.69) is 10.4 Å². The van der Waals surface area contributed by atoms with Crippen molar-refractivity contribution in [2.45, 2.75) is 6.54 Å². The summed E-state index contributed by atoms with van der Waals surface area (Å²) in [5.74, 6) is 0.0867. The first-order valence-corrected chi connectivity index (χ1v) is 8.08. The Hall–Kier alpha value is -3.81. The van der Waals surface area contributed by atoms with Crippen LogP contribution in [0.1, 0.15) is 16.1 Å². The van der Waals surface area contributed by atoms with Gasteiger partial charge in [-0.1, -0.05) is 24.3 Å². The number of benzene rings is 2. The summed E-state index contributed by atoms with van der Waals surface area (Å²) in [7, 11) is 1.58. The first-order chi connectivity index (χ1) is 13.0. The number of hydrogen-bond acceptors (Lipinski definition) is 4. The number of methoxy groups -OCH3 is 1. The number of carbonyl (C=O) groups excluding carboxylic acids is 1. The first kappa shape index (κ1) is 18.0. The van der Waals surface area contributed by atoms with Gasteiger partial charge >= 0.3 is 6.09 Å². The van der Waals surface area contributed by atoms with Crippen molar-refractivity contribution in [3.05, 3.63) is 65.9 Å². The molecule has 0 spiro atoms. The van der Waals surface area contributed by atoms with E-state index in [9.17, 15) is 9.59 Å². The van der Waals surface area contributed by atoms with Gasteiger partial charge in [0.05, 0.1) is 18.5 Å². The summed E-state index contributed by atoms with van der Waals surface area (Å²) >= 11 is 0. The summed E-state index contributed by atoms with van der Waals surface area (Å²) in [6.45, 7) is 0.208. The maximum absolute atomic E-state index is 11.6. The number of amides is 2. The number of primary amides is 1. The van der Waals surface area contributed by atoms with Crippen molar-refractivity contribution in [2.75, 3.05) is 7.11 Å². The molecule has 0 saturated heterocycles. The van der Waals surface area contributed by atoms with E-state index in [4.69, 9.17) is 15.6 Å². The number of hydrogen-bond donors (Lipinski definition) is 3. The van der Waals surface area contributed by atoms with Crippen LogP contribution in [0, 0.1) is 0 Å². The Labute approximate surface area is 155 Å². The van der Waals surface area contributed by atoms with Crippen LogP contribution in [0.4, 0.5) is 4.79 Å². The van der Waals surface area contributed by atoms with Crippen molar-refractivity contribution in [1.82, 2.24) is 15.1 Å². The molecule has 1 heterocycles. The molecule has 8 nitrogen and oxygen atoms in total. The Morgan fingerprint density at radius 3 is 2.37 bits per heavy atom. The van der Waals surface area contributed by atoms with E-state index in [0.717, 1.165) is 16.8 Å².